The van der Waals surface area contributed by atoms with Gasteiger partial charge in [-0.3, -0.25) is 5.41 Å². The number of nitrogen functional groups attached to an aromatic ring is 1. The van der Waals surface area contributed by atoms with E-state index in [4.69, 9.17) is 15.9 Å². The van der Waals surface area contributed by atoms with Crippen LogP contribution in [0.2, 0.25) is 0 Å². The van der Waals surface area contributed by atoms with E-state index >= 15 is 0 Å². The van der Waals surface area contributed by atoms with Gasteiger partial charge in [-0.15, -0.1) is 0 Å². The zero-order valence-electron chi connectivity index (χ0n) is 11.9. The van der Waals surface area contributed by atoms with E-state index < -0.39 is 0 Å². The SMILES string of the molecule is CCCOC1CCCN(c2ccc(C(=N)N)cc2Br)C1. The molecule has 0 amide bonds. The number of halogens is 1. The first-order valence-corrected chi connectivity index (χ1v) is 7.91. The predicted octanol–water partition coefficient (Wildman–Crippen LogP) is 3.13. The summed E-state index contributed by atoms with van der Waals surface area (Å²) >= 11 is 3.59. The third kappa shape index (κ3) is 3.73. The van der Waals surface area contributed by atoms with Gasteiger partial charge in [0.15, 0.2) is 0 Å². The standard InChI is InChI=1S/C15H22BrN3O/c1-2-8-20-12-4-3-7-19(10-12)14-6-5-11(15(17)18)9-13(14)16/h5-6,9,12H,2-4,7-8,10H2,1H3,(H3,17,18). The number of rotatable bonds is 5. The van der Waals surface area contributed by atoms with Gasteiger partial charge in [0.1, 0.15) is 5.84 Å². The van der Waals surface area contributed by atoms with Crippen molar-refractivity contribution < 1.29 is 4.74 Å². The fourth-order valence-electron chi connectivity index (χ4n) is 2.51. The average molecular weight is 340 g/mol. The molecule has 5 heteroatoms. The molecule has 110 valence electrons. The van der Waals surface area contributed by atoms with Crippen LogP contribution in [0.15, 0.2) is 22.7 Å². The lowest BCUT2D eigenvalue weighted by atomic mass is 10.1. The van der Waals surface area contributed by atoms with E-state index in [-0.39, 0.29) is 5.84 Å². The largest absolute Gasteiger partial charge is 0.384 e. The number of piperidine rings is 1. The molecule has 0 aliphatic carbocycles. The van der Waals surface area contributed by atoms with Crippen molar-refractivity contribution >= 4 is 27.5 Å². The number of ether oxygens (including phenoxy) is 1. The maximum Gasteiger partial charge on any atom is 0.122 e. The van der Waals surface area contributed by atoms with Gasteiger partial charge in [-0.05, 0) is 53.4 Å². The molecule has 1 fully saturated rings. The van der Waals surface area contributed by atoms with E-state index in [0.717, 1.165) is 54.7 Å². The third-order valence-electron chi connectivity index (χ3n) is 3.54. The minimum absolute atomic E-state index is 0.0973. The summed E-state index contributed by atoms with van der Waals surface area (Å²) in [5, 5.41) is 7.48. The highest BCUT2D eigenvalue weighted by atomic mass is 79.9. The van der Waals surface area contributed by atoms with E-state index in [1.54, 1.807) is 0 Å². The summed E-state index contributed by atoms with van der Waals surface area (Å²) in [6.07, 6.45) is 3.67. The van der Waals surface area contributed by atoms with E-state index in [2.05, 4.69) is 27.8 Å². The number of hydrogen-bond acceptors (Lipinski definition) is 3. The van der Waals surface area contributed by atoms with Crippen molar-refractivity contribution in [1.82, 2.24) is 0 Å². The smallest absolute Gasteiger partial charge is 0.122 e. The maximum absolute atomic E-state index is 7.48. The molecule has 3 N–H and O–H groups in total. The molecule has 1 unspecified atom stereocenters. The summed E-state index contributed by atoms with van der Waals surface area (Å²) in [5.41, 5.74) is 7.42. The Bertz CT molecular complexity index is 478. The Balaban J connectivity index is 2.08. The van der Waals surface area contributed by atoms with Gasteiger partial charge >= 0.3 is 0 Å². The number of benzene rings is 1. The van der Waals surface area contributed by atoms with Gasteiger partial charge in [-0.1, -0.05) is 6.92 Å². The van der Waals surface area contributed by atoms with Crippen LogP contribution in [0.4, 0.5) is 5.69 Å². The van der Waals surface area contributed by atoms with Crippen molar-refractivity contribution in [2.45, 2.75) is 32.3 Å². The van der Waals surface area contributed by atoms with Crippen molar-refractivity contribution in [3.05, 3.63) is 28.2 Å². The first kappa shape index (κ1) is 15.3. The molecular formula is C15H22BrN3O. The van der Waals surface area contributed by atoms with Crippen molar-refractivity contribution in [3.63, 3.8) is 0 Å². The second kappa shape index (κ2) is 7.09. The highest BCUT2D eigenvalue weighted by molar-refractivity contribution is 9.10. The fraction of sp³-hybridized carbons (Fsp3) is 0.533. The molecule has 0 saturated carbocycles. The molecule has 0 spiro atoms. The summed E-state index contributed by atoms with van der Waals surface area (Å²) in [4.78, 5) is 2.35. The minimum atomic E-state index is 0.0973. The Kier molecular flexibility index (Phi) is 5.43. The van der Waals surface area contributed by atoms with Crippen molar-refractivity contribution in [1.29, 1.82) is 5.41 Å². The van der Waals surface area contributed by atoms with Crippen molar-refractivity contribution in [2.24, 2.45) is 5.73 Å². The van der Waals surface area contributed by atoms with E-state index in [1.165, 1.54) is 0 Å². The molecule has 1 aromatic carbocycles. The second-order valence-electron chi connectivity index (χ2n) is 5.16. The van der Waals surface area contributed by atoms with E-state index in [0.29, 0.717) is 6.10 Å². The van der Waals surface area contributed by atoms with E-state index in [1.807, 2.05) is 18.2 Å². The topological polar surface area (TPSA) is 62.3 Å². The fourth-order valence-corrected chi connectivity index (χ4v) is 3.14. The van der Waals surface area contributed by atoms with Crippen LogP contribution in [-0.2, 0) is 4.74 Å². The van der Waals surface area contributed by atoms with Crippen LogP contribution in [0, 0.1) is 5.41 Å². The molecule has 4 nitrogen and oxygen atoms in total. The Morgan fingerprint density at radius 2 is 2.35 bits per heavy atom. The Labute approximate surface area is 128 Å². The Morgan fingerprint density at radius 1 is 1.55 bits per heavy atom. The van der Waals surface area contributed by atoms with Gasteiger partial charge in [0.05, 0.1) is 11.8 Å². The minimum Gasteiger partial charge on any atom is -0.384 e. The predicted molar refractivity (Wildman–Crippen MR) is 86.6 cm³/mol. The van der Waals surface area contributed by atoms with Crippen molar-refractivity contribution in [3.8, 4) is 0 Å². The average Bonchev–Trinajstić information content (AvgIpc) is 2.45. The maximum atomic E-state index is 7.48. The Morgan fingerprint density at radius 3 is 3.00 bits per heavy atom. The van der Waals surface area contributed by atoms with Gasteiger partial charge < -0.3 is 15.4 Å². The molecule has 1 heterocycles. The van der Waals surface area contributed by atoms with Crippen LogP contribution in [-0.4, -0.2) is 31.6 Å². The summed E-state index contributed by atoms with van der Waals surface area (Å²) < 4.78 is 6.86. The second-order valence-corrected chi connectivity index (χ2v) is 6.02. The van der Waals surface area contributed by atoms with E-state index in [9.17, 15) is 0 Å². The molecule has 1 aliphatic rings. The van der Waals surface area contributed by atoms with Gasteiger partial charge in [-0.25, -0.2) is 0 Å². The zero-order valence-corrected chi connectivity index (χ0v) is 13.4. The molecule has 2 rings (SSSR count). The van der Waals surface area contributed by atoms with Gasteiger partial charge in [-0.2, -0.15) is 0 Å². The first-order valence-electron chi connectivity index (χ1n) is 7.12. The van der Waals surface area contributed by atoms with Gasteiger partial charge in [0.25, 0.3) is 0 Å². The van der Waals surface area contributed by atoms with Gasteiger partial charge in [0, 0.05) is 29.7 Å². The molecule has 0 bridgehead atoms. The lowest BCUT2D eigenvalue weighted by Crippen LogP contribution is -2.40. The molecule has 1 atom stereocenters. The molecule has 1 aliphatic heterocycles. The molecule has 0 radical (unpaired) electrons. The van der Waals surface area contributed by atoms with Crippen LogP contribution in [0.5, 0.6) is 0 Å². The molecule has 0 aromatic heterocycles. The molecule has 20 heavy (non-hydrogen) atoms. The highest BCUT2D eigenvalue weighted by Gasteiger charge is 2.22. The number of nitrogens with zero attached hydrogens (tertiary/aromatic N) is 1. The highest BCUT2D eigenvalue weighted by Crippen LogP contribution is 2.30. The lowest BCUT2D eigenvalue weighted by molar-refractivity contribution is 0.0440. The number of anilines is 1. The Hall–Kier alpha value is -1.07. The summed E-state index contributed by atoms with van der Waals surface area (Å²) in [6, 6.07) is 5.84. The monoisotopic (exact) mass is 339 g/mol. The van der Waals surface area contributed by atoms with Crippen LogP contribution in [0.1, 0.15) is 31.7 Å². The van der Waals surface area contributed by atoms with Gasteiger partial charge in [0.2, 0.25) is 0 Å². The van der Waals surface area contributed by atoms with Crippen LogP contribution >= 0.6 is 15.9 Å². The van der Waals surface area contributed by atoms with Crippen LogP contribution in [0.3, 0.4) is 0 Å². The molecular weight excluding hydrogens is 318 g/mol. The third-order valence-corrected chi connectivity index (χ3v) is 4.17. The normalized spacial score (nSPS) is 19.1. The summed E-state index contributed by atoms with van der Waals surface area (Å²) in [7, 11) is 0. The first-order chi connectivity index (χ1) is 9.61. The number of nitrogens with one attached hydrogen (secondary N) is 1. The zero-order chi connectivity index (χ0) is 14.5. The quantitative estimate of drug-likeness (QED) is 0.639. The lowest BCUT2D eigenvalue weighted by Gasteiger charge is -2.35. The molecule has 1 saturated heterocycles. The van der Waals surface area contributed by atoms with Crippen LogP contribution in [0.25, 0.3) is 0 Å². The number of nitrogens with two attached hydrogens (primary N) is 1. The number of amidine groups is 1. The van der Waals surface area contributed by atoms with Crippen molar-refractivity contribution in [2.75, 3.05) is 24.6 Å². The molecule has 1 aromatic rings. The van der Waals surface area contributed by atoms with Crippen LogP contribution < -0.4 is 10.6 Å². The summed E-state index contributed by atoms with van der Waals surface area (Å²) in [5.74, 6) is 0.0973. The summed E-state index contributed by atoms with van der Waals surface area (Å²) in [6.45, 7) is 4.95. The number of hydrogen-bond donors (Lipinski definition) is 2.